The molecule has 1 aromatic heterocycles. The SMILES string of the molecule is CCNc1cc(C2CC2)nc(Cc2ccccc2C)n1. The van der Waals surface area contributed by atoms with E-state index in [1.165, 1.54) is 29.7 Å². The average Bonchev–Trinajstić information content (AvgIpc) is 3.26. The maximum Gasteiger partial charge on any atom is 0.135 e. The van der Waals surface area contributed by atoms with Gasteiger partial charge in [0.15, 0.2) is 0 Å². The molecule has 1 aliphatic rings. The van der Waals surface area contributed by atoms with E-state index in [2.05, 4.69) is 54.5 Å². The molecule has 3 rings (SSSR count). The van der Waals surface area contributed by atoms with Gasteiger partial charge in [-0.05, 0) is 37.8 Å². The van der Waals surface area contributed by atoms with Gasteiger partial charge >= 0.3 is 0 Å². The molecule has 104 valence electrons. The zero-order valence-electron chi connectivity index (χ0n) is 12.2. The van der Waals surface area contributed by atoms with Gasteiger partial charge in [-0.25, -0.2) is 9.97 Å². The number of hydrogen-bond donors (Lipinski definition) is 1. The van der Waals surface area contributed by atoms with Crippen LogP contribution in [0, 0.1) is 6.92 Å². The molecule has 0 radical (unpaired) electrons. The predicted octanol–water partition coefficient (Wildman–Crippen LogP) is 3.69. The minimum Gasteiger partial charge on any atom is -0.370 e. The maximum absolute atomic E-state index is 4.76. The molecule has 0 atom stereocenters. The number of anilines is 1. The summed E-state index contributed by atoms with van der Waals surface area (Å²) in [6, 6.07) is 10.6. The lowest BCUT2D eigenvalue weighted by molar-refractivity contribution is 0.894. The van der Waals surface area contributed by atoms with Crippen molar-refractivity contribution in [2.75, 3.05) is 11.9 Å². The second-order valence-corrected chi connectivity index (χ2v) is 5.50. The lowest BCUT2D eigenvalue weighted by Crippen LogP contribution is -2.06. The van der Waals surface area contributed by atoms with Gasteiger partial charge in [0.05, 0.1) is 0 Å². The van der Waals surface area contributed by atoms with Crippen LogP contribution in [-0.2, 0) is 6.42 Å². The van der Waals surface area contributed by atoms with Crippen LogP contribution in [0.4, 0.5) is 5.82 Å². The van der Waals surface area contributed by atoms with Crippen LogP contribution in [0.25, 0.3) is 0 Å². The summed E-state index contributed by atoms with van der Waals surface area (Å²) in [5, 5.41) is 3.32. The third-order valence-corrected chi connectivity index (χ3v) is 3.76. The smallest absolute Gasteiger partial charge is 0.135 e. The highest BCUT2D eigenvalue weighted by Crippen LogP contribution is 2.39. The third-order valence-electron chi connectivity index (χ3n) is 3.76. The lowest BCUT2D eigenvalue weighted by Gasteiger charge is -2.10. The fourth-order valence-electron chi connectivity index (χ4n) is 2.44. The van der Waals surface area contributed by atoms with Crippen LogP contribution in [-0.4, -0.2) is 16.5 Å². The molecule has 2 aromatic rings. The highest BCUT2D eigenvalue weighted by molar-refractivity contribution is 5.39. The minimum atomic E-state index is 0.658. The van der Waals surface area contributed by atoms with Gasteiger partial charge in [-0.3, -0.25) is 0 Å². The highest BCUT2D eigenvalue weighted by Gasteiger charge is 2.26. The molecule has 1 N–H and O–H groups in total. The number of benzene rings is 1. The molecule has 1 fully saturated rings. The zero-order valence-corrected chi connectivity index (χ0v) is 12.2. The lowest BCUT2D eigenvalue weighted by atomic mass is 10.1. The van der Waals surface area contributed by atoms with Gasteiger partial charge in [0.25, 0.3) is 0 Å². The monoisotopic (exact) mass is 267 g/mol. The first-order valence-electron chi connectivity index (χ1n) is 7.42. The first-order chi connectivity index (χ1) is 9.76. The molecule has 1 aliphatic carbocycles. The summed E-state index contributed by atoms with van der Waals surface area (Å²) in [6.45, 7) is 5.14. The van der Waals surface area contributed by atoms with Gasteiger partial charge in [-0.2, -0.15) is 0 Å². The fourth-order valence-corrected chi connectivity index (χ4v) is 2.44. The number of hydrogen-bond acceptors (Lipinski definition) is 3. The van der Waals surface area contributed by atoms with Gasteiger partial charge in [0.2, 0.25) is 0 Å². The molecule has 0 saturated heterocycles. The van der Waals surface area contributed by atoms with Gasteiger partial charge in [-0.1, -0.05) is 24.3 Å². The van der Waals surface area contributed by atoms with Crippen molar-refractivity contribution < 1.29 is 0 Å². The van der Waals surface area contributed by atoms with Crippen molar-refractivity contribution in [2.24, 2.45) is 0 Å². The molecule has 1 saturated carbocycles. The standard InChI is InChI=1S/C17H21N3/c1-3-18-16-11-15(13-8-9-13)19-17(20-16)10-14-7-5-4-6-12(14)2/h4-7,11,13H,3,8-10H2,1-2H3,(H,18,19,20). The fraction of sp³-hybridized carbons (Fsp3) is 0.412. The number of rotatable bonds is 5. The van der Waals surface area contributed by atoms with E-state index in [0.29, 0.717) is 5.92 Å². The van der Waals surface area contributed by atoms with E-state index in [1.807, 2.05) is 0 Å². The Kier molecular flexibility index (Phi) is 3.68. The molecule has 3 nitrogen and oxygen atoms in total. The molecule has 0 bridgehead atoms. The van der Waals surface area contributed by atoms with Crippen LogP contribution >= 0.6 is 0 Å². The van der Waals surface area contributed by atoms with Gasteiger partial charge in [0.1, 0.15) is 11.6 Å². The van der Waals surface area contributed by atoms with Crippen LogP contribution in [0.5, 0.6) is 0 Å². The predicted molar refractivity (Wildman–Crippen MR) is 82.2 cm³/mol. The van der Waals surface area contributed by atoms with Crippen molar-refractivity contribution in [1.29, 1.82) is 0 Å². The molecule has 3 heteroatoms. The van der Waals surface area contributed by atoms with Crippen LogP contribution in [0.1, 0.15) is 48.3 Å². The summed E-state index contributed by atoms with van der Waals surface area (Å²) in [5.74, 6) is 2.55. The summed E-state index contributed by atoms with van der Waals surface area (Å²) in [4.78, 5) is 9.41. The third kappa shape index (κ3) is 2.98. The van der Waals surface area contributed by atoms with Crippen molar-refractivity contribution in [3.63, 3.8) is 0 Å². The van der Waals surface area contributed by atoms with E-state index in [1.54, 1.807) is 0 Å². The summed E-state index contributed by atoms with van der Waals surface area (Å²) in [7, 11) is 0. The van der Waals surface area contributed by atoms with Crippen molar-refractivity contribution in [3.8, 4) is 0 Å². The Bertz CT molecular complexity index is 603. The number of nitrogens with one attached hydrogen (secondary N) is 1. The molecular formula is C17H21N3. The first kappa shape index (κ1) is 13.1. The van der Waals surface area contributed by atoms with Gasteiger partial charge in [-0.15, -0.1) is 0 Å². The normalized spacial score (nSPS) is 14.3. The molecule has 0 aliphatic heterocycles. The number of nitrogens with zero attached hydrogens (tertiary/aromatic N) is 2. The Labute approximate surface area is 120 Å². The Morgan fingerprint density at radius 3 is 2.70 bits per heavy atom. The van der Waals surface area contributed by atoms with Crippen molar-refractivity contribution in [1.82, 2.24) is 9.97 Å². The first-order valence-corrected chi connectivity index (χ1v) is 7.42. The molecule has 0 spiro atoms. The molecule has 0 amide bonds. The summed E-state index contributed by atoms with van der Waals surface area (Å²) in [6.07, 6.45) is 3.35. The summed E-state index contributed by atoms with van der Waals surface area (Å²) >= 11 is 0. The Hall–Kier alpha value is -1.90. The van der Waals surface area contributed by atoms with Crippen LogP contribution < -0.4 is 5.32 Å². The largest absolute Gasteiger partial charge is 0.370 e. The summed E-state index contributed by atoms with van der Waals surface area (Å²) in [5.41, 5.74) is 3.82. The van der Waals surface area contributed by atoms with E-state index < -0.39 is 0 Å². The van der Waals surface area contributed by atoms with Crippen molar-refractivity contribution in [2.45, 2.75) is 39.0 Å². The van der Waals surface area contributed by atoms with Crippen molar-refractivity contribution in [3.05, 3.63) is 53.0 Å². The number of aryl methyl sites for hydroxylation is 1. The van der Waals surface area contributed by atoms with E-state index in [4.69, 9.17) is 4.98 Å². The Morgan fingerprint density at radius 2 is 2.00 bits per heavy atom. The maximum atomic E-state index is 4.76. The molecule has 1 aromatic carbocycles. The van der Waals surface area contributed by atoms with Gasteiger partial charge < -0.3 is 5.32 Å². The second kappa shape index (κ2) is 5.61. The zero-order chi connectivity index (χ0) is 13.9. The number of aromatic nitrogens is 2. The second-order valence-electron chi connectivity index (χ2n) is 5.50. The molecular weight excluding hydrogens is 246 g/mol. The Balaban J connectivity index is 1.89. The quantitative estimate of drug-likeness (QED) is 0.898. The Morgan fingerprint density at radius 1 is 1.20 bits per heavy atom. The molecule has 20 heavy (non-hydrogen) atoms. The van der Waals surface area contributed by atoms with Gasteiger partial charge in [0, 0.05) is 30.6 Å². The average molecular weight is 267 g/mol. The van der Waals surface area contributed by atoms with E-state index in [-0.39, 0.29) is 0 Å². The van der Waals surface area contributed by atoms with Crippen molar-refractivity contribution >= 4 is 5.82 Å². The highest BCUT2D eigenvalue weighted by atomic mass is 15.0. The van der Waals surface area contributed by atoms with Crippen LogP contribution in [0.15, 0.2) is 30.3 Å². The molecule has 1 heterocycles. The van der Waals surface area contributed by atoms with E-state index >= 15 is 0 Å². The van der Waals surface area contributed by atoms with Crippen LogP contribution in [0.3, 0.4) is 0 Å². The summed E-state index contributed by atoms with van der Waals surface area (Å²) < 4.78 is 0. The topological polar surface area (TPSA) is 37.8 Å². The van der Waals surface area contributed by atoms with Crippen LogP contribution in [0.2, 0.25) is 0 Å². The molecule has 0 unspecified atom stereocenters. The van der Waals surface area contributed by atoms with E-state index in [9.17, 15) is 0 Å². The minimum absolute atomic E-state index is 0.658. The van der Waals surface area contributed by atoms with E-state index in [0.717, 1.165) is 24.6 Å².